The molecule has 0 aliphatic rings. The highest BCUT2D eigenvalue weighted by molar-refractivity contribution is 5.82. The SMILES string of the molecule is CO[C@@H](C(=O)N[C@@H](c1ccn(C)c1)C(F)(F)F)c1ccccc1. The molecule has 1 aromatic carbocycles. The molecule has 2 rings (SSSR count). The lowest BCUT2D eigenvalue weighted by Gasteiger charge is -2.24. The van der Waals surface area contributed by atoms with Crippen molar-refractivity contribution in [2.24, 2.45) is 7.05 Å². The number of nitrogens with one attached hydrogen (secondary N) is 1. The molecule has 1 heterocycles. The highest BCUT2D eigenvalue weighted by Gasteiger charge is 2.43. The highest BCUT2D eigenvalue weighted by atomic mass is 19.4. The summed E-state index contributed by atoms with van der Waals surface area (Å²) >= 11 is 0. The van der Waals surface area contributed by atoms with E-state index < -0.39 is 24.2 Å². The van der Waals surface area contributed by atoms with Crippen molar-refractivity contribution < 1.29 is 22.7 Å². The lowest BCUT2D eigenvalue weighted by Crippen LogP contribution is -2.40. The molecule has 4 nitrogen and oxygen atoms in total. The van der Waals surface area contributed by atoms with Crippen LogP contribution in [0.1, 0.15) is 23.3 Å². The largest absolute Gasteiger partial charge is 0.412 e. The fourth-order valence-electron chi connectivity index (χ4n) is 2.29. The third-order valence-corrected chi connectivity index (χ3v) is 3.38. The Bertz CT molecular complexity index is 653. The first kappa shape index (κ1) is 17.1. The third kappa shape index (κ3) is 4.13. The van der Waals surface area contributed by atoms with Crippen LogP contribution >= 0.6 is 0 Å². The van der Waals surface area contributed by atoms with Gasteiger partial charge in [0, 0.05) is 32.1 Å². The Hall–Kier alpha value is -2.28. The monoisotopic (exact) mass is 326 g/mol. The maximum absolute atomic E-state index is 13.3. The van der Waals surface area contributed by atoms with Crippen molar-refractivity contribution in [2.45, 2.75) is 18.3 Å². The quantitative estimate of drug-likeness (QED) is 0.917. The Morgan fingerprint density at radius 1 is 1.17 bits per heavy atom. The van der Waals surface area contributed by atoms with Gasteiger partial charge in [-0.1, -0.05) is 30.3 Å². The van der Waals surface area contributed by atoms with Crippen molar-refractivity contribution in [3.63, 3.8) is 0 Å². The molecule has 2 atom stereocenters. The van der Waals surface area contributed by atoms with Gasteiger partial charge in [-0.05, 0) is 11.6 Å². The molecule has 0 radical (unpaired) electrons. The zero-order valence-corrected chi connectivity index (χ0v) is 12.7. The molecule has 0 spiro atoms. The maximum Gasteiger partial charge on any atom is 0.412 e. The van der Waals surface area contributed by atoms with Crippen LogP contribution in [0.2, 0.25) is 0 Å². The number of rotatable bonds is 5. The molecule has 7 heteroatoms. The number of carbonyl (C=O) groups excluding carboxylic acids is 1. The molecule has 0 bridgehead atoms. The average molecular weight is 326 g/mol. The summed E-state index contributed by atoms with van der Waals surface area (Å²) in [6.07, 6.45) is -2.90. The van der Waals surface area contributed by atoms with Crippen LogP contribution in [0, 0.1) is 0 Å². The molecule has 2 aromatic rings. The van der Waals surface area contributed by atoms with Crippen LogP contribution in [0.4, 0.5) is 13.2 Å². The number of hydrogen-bond acceptors (Lipinski definition) is 2. The molecule has 23 heavy (non-hydrogen) atoms. The fraction of sp³-hybridized carbons (Fsp3) is 0.312. The third-order valence-electron chi connectivity index (χ3n) is 3.38. The van der Waals surface area contributed by atoms with E-state index in [4.69, 9.17) is 4.74 Å². The first-order valence-corrected chi connectivity index (χ1v) is 6.89. The van der Waals surface area contributed by atoms with Crippen LogP contribution in [0.3, 0.4) is 0 Å². The molecule has 1 aromatic heterocycles. The molecule has 0 fully saturated rings. The highest BCUT2D eigenvalue weighted by Crippen LogP contribution is 2.33. The van der Waals surface area contributed by atoms with Gasteiger partial charge in [0.15, 0.2) is 12.1 Å². The van der Waals surface area contributed by atoms with Crippen molar-refractivity contribution in [3.05, 3.63) is 59.9 Å². The summed E-state index contributed by atoms with van der Waals surface area (Å²) in [5.74, 6) is -0.843. The summed E-state index contributed by atoms with van der Waals surface area (Å²) in [6, 6.07) is 7.61. The zero-order valence-electron chi connectivity index (χ0n) is 12.7. The van der Waals surface area contributed by atoms with Crippen LogP contribution in [-0.2, 0) is 16.6 Å². The summed E-state index contributed by atoms with van der Waals surface area (Å²) in [5, 5.41) is 2.03. The minimum Gasteiger partial charge on any atom is -0.367 e. The van der Waals surface area contributed by atoms with E-state index in [-0.39, 0.29) is 5.56 Å². The number of carbonyl (C=O) groups is 1. The number of nitrogens with zero attached hydrogens (tertiary/aromatic N) is 1. The normalized spacial score (nSPS) is 14.3. The van der Waals surface area contributed by atoms with Crippen LogP contribution in [-0.4, -0.2) is 23.8 Å². The Kier molecular flexibility index (Phi) is 5.10. The van der Waals surface area contributed by atoms with Gasteiger partial charge in [0.05, 0.1) is 0 Å². The lowest BCUT2D eigenvalue weighted by molar-refractivity contribution is -0.166. The molecule has 124 valence electrons. The minimum atomic E-state index is -4.61. The number of aryl methyl sites for hydroxylation is 1. The molecule has 0 aliphatic carbocycles. The van der Waals surface area contributed by atoms with Gasteiger partial charge < -0.3 is 14.6 Å². The van der Waals surface area contributed by atoms with E-state index in [1.54, 1.807) is 37.4 Å². The number of alkyl halides is 3. The summed E-state index contributed by atoms with van der Waals surface area (Å²) < 4.78 is 46.4. The van der Waals surface area contributed by atoms with Crippen LogP contribution < -0.4 is 5.32 Å². The Morgan fingerprint density at radius 2 is 1.83 bits per heavy atom. The summed E-state index contributed by atoms with van der Waals surface area (Å²) in [7, 11) is 2.89. The predicted octanol–water partition coefficient (Wildman–Crippen LogP) is 3.13. The van der Waals surface area contributed by atoms with Crippen LogP contribution in [0.25, 0.3) is 0 Å². The standard InChI is InChI=1S/C16H17F3N2O2/c1-21-9-8-12(10-21)14(16(17,18)19)20-15(22)13(23-2)11-6-4-3-5-7-11/h3-10,13-14H,1-2H3,(H,20,22)/t13-,14+/m1/s1. The van der Waals surface area contributed by atoms with Crippen molar-refractivity contribution >= 4 is 5.91 Å². The van der Waals surface area contributed by atoms with Gasteiger partial charge >= 0.3 is 6.18 Å². The second-order valence-corrected chi connectivity index (χ2v) is 5.12. The second kappa shape index (κ2) is 6.87. The second-order valence-electron chi connectivity index (χ2n) is 5.12. The molecule has 1 amide bonds. The fourth-order valence-corrected chi connectivity index (χ4v) is 2.29. The van der Waals surface area contributed by atoms with E-state index >= 15 is 0 Å². The molecule has 0 unspecified atom stereocenters. The first-order chi connectivity index (χ1) is 10.8. The number of methoxy groups -OCH3 is 1. The van der Waals surface area contributed by atoms with Gasteiger partial charge in [-0.2, -0.15) is 13.2 Å². The van der Waals surface area contributed by atoms with Gasteiger partial charge in [-0.3, -0.25) is 4.79 Å². The maximum atomic E-state index is 13.3. The van der Waals surface area contributed by atoms with E-state index in [9.17, 15) is 18.0 Å². The zero-order chi connectivity index (χ0) is 17.0. The molecular formula is C16H17F3N2O2. The van der Waals surface area contributed by atoms with Gasteiger partial charge in [0.1, 0.15) is 0 Å². The number of aromatic nitrogens is 1. The van der Waals surface area contributed by atoms with E-state index in [2.05, 4.69) is 0 Å². The minimum absolute atomic E-state index is 0.0312. The Balaban J connectivity index is 2.23. The van der Waals surface area contributed by atoms with Gasteiger partial charge in [-0.25, -0.2) is 0 Å². The number of ether oxygens (including phenoxy) is 1. The number of hydrogen-bond donors (Lipinski definition) is 1. The summed E-state index contributed by atoms with van der Waals surface area (Å²) in [5.41, 5.74) is 0.456. The van der Waals surface area contributed by atoms with E-state index in [0.717, 1.165) is 0 Å². The number of halogens is 3. The van der Waals surface area contributed by atoms with E-state index in [1.807, 2.05) is 5.32 Å². The Morgan fingerprint density at radius 3 is 2.30 bits per heavy atom. The summed E-state index contributed by atoms with van der Waals surface area (Å²) in [6.45, 7) is 0. The number of amides is 1. The molecular weight excluding hydrogens is 309 g/mol. The predicted molar refractivity (Wildman–Crippen MR) is 78.5 cm³/mol. The topological polar surface area (TPSA) is 43.3 Å². The average Bonchev–Trinajstić information content (AvgIpc) is 2.91. The van der Waals surface area contributed by atoms with Crippen LogP contribution in [0.5, 0.6) is 0 Å². The first-order valence-electron chi connectivity index (χ1n) is 6.89. The number of benzene rings is 1. The summed E-state index contributed by atoms with van der Waals surface area (Å²) in [4.78, 5) is 12.3. The van der Waals surface area contributed by atoms with Crippen molar-refractivity contribution in [2.75, 3.05) is 7.11 Å². The van der Waals surface area contributed by atoms with Crippen molar-refractivity contribution in [1.29, 1.82) is 0 Å². The van der Waals surface area contributed by atoms with E-state index in [0.29, 0.717) is 5.56 Å². The van der Waals surface area contributed by atoms with Crippen molar-refractivity contribution in [3.8, 4) is 0 Å². The van der Waals surface area contributed by atoms with Gasteiger partial charge in [-0.15, -0.1) is 0 Å². The lowest BCUT2D eigenvalue weighted by atomic mass is 10.1. The van der Waals surface area contributed by atoms with Gasteiger partial charge in [0.2, 0.25) is 0 Å². The molecule has 0 saturated carbocycles. The van der Waals surface area contributed by atoms with E-state index in [1.165, 1.54) is 30.1 Å². The molecule has 0 aliphatic heterocycles. The molecule has 1 N–H and O–H groups in total. The van der Waals surface area contributed by atoms with Crippen molar-refractivity contribution in [1.82, 2.24) is 9.88 Å². The Labute approximate surface area is 131 Å². The van der Waals surface area contributed by atoms with Crippen LogP contribution in [0.15, 0.2) is 48.8 Å². The molecule has 0 saturated heterocycles. The van der Waals surface area contributed by atoms with Gasteiger partial charge in [0.25, 0.3) is 5.91 Å². The smallest absolute Gasteiger partial charge is 0.367 e.